The molecule has 0 fully saturated rings. The lowest BCUT2D eigenvalue weighted by Gasteiger charge is -2.05. The standard InChI is InChI=1S/C18H16N2O4/c21-17(12-4-2-1-3-5-12)19-9-8-13-11-24-16-7-6-14(10-15(13)16)20-18(22)23/h1-7,10-11,20H,8-9H2,(H,19,21)(H,22,23). The molecule has 0 radical (unpaired) electrons. The predicted molar refractivity (Wildman–Crippen MR) is 90.3 cm³/mol. The minimum absolute atomic E-state index is 0.128. The summed E-state index contributed by atoms with van der Waals surface area (Å²) in [6, 6.07) is 14.1. The quantitative estimate of drug-likeness (QED) is 0.670. The molecular formula is C18H16N2O4. The van der Waals surface area contributed by atoms with Gasteiger partial charge >= 0.3 is 6.09 Å². The van der Waals surface area contributed by atoms with Gasteiger partial charge in [-0.05, 0) is 36.8 Å². The fraction of sp³-hybridized carbons (Fsp3) is 0.111. The molecule has 0 unspecified atom stereocenters. The third-order valence-electron chi connectivity index (χ3n) is 3.62. The van der Waals surface area contributed by atoms with E-state index in [0.29, 0.717) is 29.8 Å². The van der Waals surface area contributed by atoms with Crippen LogP contribution in [-0.2, 0) is 6.42 Å². The Balaban J connectivity index is 1.66. The van der Waals surface area contributed by atoms with Gasteiger partial charge in [0.1, 0.15) is 5.58 Å². The van der Waals surface area contributed by atoms with Crippen molar-refractivity contribution in [3.63, 3.8) is 0 Å². The molecule has 0 saturated carbocycles. The van der Waals surface area contributed by atoms with Gasteiger partial charge in [0, 0.05) is 28.7 Å². The zero-order valence-electron chi connectivity index (χ0n) is 12.8. The van der Waals surface area contributed by atoms with E-state index in [0.717, 1.165) is 10.9 Å². The van der Waals surface area contributed by atoms with Crippen LogP contribution in [0.25, 0.3) is 11.0 Å². The number of fused-ring (bicyclic) bond motifs is 1. The van der Waals surface area contributed by atoms with Gasteiger partial charge in [0.2, 0.25) is 0 Å². The summed E-state index contributed by atoms with van der Waals surface area (Å²) in [6.07, 6.45) is 1.10. The van der Waals surface area contributed by atoms with Gasteiger partial charge < -0.3 is 14.8 Å². The number of anilines is 1. The van der Waals surface area contributed by atoms with Crippen LogP contribution in [0, 0.1) is 0 Å². The number of carbonyl (C=O) groups excluding carboxylic acids is 1. The van der Waals surface area contributed by atoms with E-state index in [1.54, 1.807) is 36.6 Å². The maximum absolute atomic E-state index is 12.0. The largest absolute Gasteiger partial charge is 0.465 e. The van der Waals surface area contributed by atoms with Crippen LogP contribution in [0.2, 0.25) is 0 Å². The number of amides is 2. The van der Waals surface area contributed by atoms with Crippen molar-refractivity contribution in [2.24, 2.45) is 0 Å². The Labute approximate surface area is 138 Å². The second kappa shape index (κ2) is 6.87. The molecule has 1 aromatic heterocycles. The Morgan fingerprint density at radius 1 is 1.08 bits per heavy atom. The van der Waals surface area contributed by atoms with Gasteiger partial charge in [0.15, 0.2) is 0 Å². The average Bonchev–Trinajstić information content (AvgIpc) is 2.97. The van der Waals surface area contributed by atoms with Crippen molar-refractivity contribution in [3.8, 4) is 0 Å². The van der Waals surface area contributed by atoms with Crippen LogP contribution in [0.15, 0.2) is 59.2 Å². The fourth-order valence-corrected chi connectivity index (χ4v) is 2.48. The van der Waals surface area contributed by atoms with Gasteiger partial charge in [-0.25, -0.2) is 4.79 Å². The third-order valence-corrected chi connectivity index (χ3v) is 3.62. The van der Waals surface area contributed by atoms with Crippen LogP contribution in [0.3, 0.4) is 0 Å². The Bertz CT molecular complexity index is 871. The first-order valence-corrected chi connectivity index (χ1v) is 7.47. The van der Waals surface area contributed by atoms with E-state index in [1.165, 1.54) is 0 Å². The summed E-state index contributed by atoms with van der Waals surface area (Å²) in [6.45, 7) is 0.457. The first kappa shape index (κ1) is 15.6. The molecule has 3 N–H and O–H groups in total. The lowest BCUT2D eigenvalue weighted by Crippen LogP contribution is -2.25. The van der Waals surface area contributed by atoms with E-state index in [-0.39, 0.29) is 5.91 Å². The van der Waals surface area contributed by atoms with Gasteiger partial charge in [0.25, 0.3) is 5.91 Å². The Morgan fingerprint density at radius 2 is 1.88 bits per heavy atom. The van der Waals surface area contributed by atoms with Crippen molar-refractivity contribution in [2.75, 3.05) is 11.9 Å². The number of benzene rings is 2. The highest BCUT2D eigenvalue weighted by Crippen LogP contribution is 2.25. The van der Waals surface area contributed by atoms with E-state index < -0.39 is 6.09 Å². The molecule has 6 nitrogen and oxygen atoms in total. The molecule has 0 atom stereocenters. The summed E-state index contributed by atoms with van der Waals surface area (Å²) in [4.78, 5) is 22.7. The molecule has 0 saturated heterocycles. The molecule has 0 aliphatic rings. The van der Waals surface area contributed by atoms with Gasteiger partial charge in [-0.3, -0.25) is 10.1 Å². The number of carbonyl (C=O) groups is 2. The normalized spacial score (nSPS) is 10.5. The molecule has 3 aromatic rings. The summed E-state index contributed by atoms with van der Waals surface area (Å²) in [7, 11) is 0. The van der Waals surface area contributed by atoms with Crippen LogP contribution in [0.5, 0.6) is 0 Å². The van der Waals surface area contributed by atoms with Crippen molar-refractivity contribution in [3.05, 3.63) is 65.9 Å². The first-order valence-electron chi connectivity index (χ1n) is 7.47. The van der Waals surface area contributed by atoms with Crippen LogP contribution in [0.4, 0.5) is 10.5 Å². The summed E-state index contributed by atoms with van der Waals surface area (Å²) in [5.41, 5.74) is 2.68. The number of rotatable bonds is 5. The monoisotopic (exact) mass is 324 g/mol. The second-order valence-corrected chi connectivity index (χ2v) is 5.27. The summed E-state index contributed by atoms with van der Waals surface area (Å²) < 4.78 is 5.46. The van der Waals surface area contributed by atoms with Crippen LogP contribution < -0.4 is 10.6 Å². The second-order valence-electron chi connectivity index (χ2n) is 5.27. The van der Waals surface area contributed by atoms with E-state index in [1.807, 2.05) is 18.2 Å². The molecule has 2 amide bonds. The number of hydrogen-bond donors (Lipinski definition) is 3. The third kappa shape index (κ3) is 3.55. The maximum atomic E-state index is 12.0. The molecule has 3 rings (SSSR count). The highest BCUT2D eigenvalue weighted by Gasteiger charge is 2.09. The zero-order valence-corrected chi connectivity index (χ0v) is 12.8. The molecule has 1 heterocycles. The SMILES string of the molecule is O=C(O)Nc1ccc2occ(CCNC(=O)c3ccccc3)c2c1. The highest BCUT2D eigenvalue weighted by atomic mass is 16.4. The van der Waals surface area contributed by atoms with Crippen molar-refractivity contribution in [1.82, 2.24) is 5.32 Å². The summed E-state index contributed by atoms with van der Waals surface area (Å²) in [5.74, 6) is -0.128. The van der Waals surface area contributed by atoms with Gasteiger partial charge in [0.05, 0.1) is 6.26 Å². The zero-order chi connectivity index (χ0) is 16.9. The Morgan fingerprint density at radius 3 is 2.62 bits per heavy atom. The lowest BCUT2D eigenvalue weighted by atomic mass is 10.1. The molecule has 2 aromatic carbocycles. The Hall–Kier alpha value is -3.28. The predicted octanol–water partition coefficient (Wildman–Crippen LogP) is 3.50. The summed E-state index contributed by atoms with van der Waals surface area (Å²) in [5, 5.41) is 14.8. The van der Waals surface area contributed by atoms with Gasteiger partial charge in [-0.15, -0.1) is 0 Å². The molecular weight excluding hydrogens is 308 g/mol. The van der Waals surface area contributed by atoms with Crippen molar-refractivity contribution >= 4 is 28.7 Å². The fourth-order valence-electron chi connectivity index (χ4n) is 2.48. The van der Waals surface area contributed by atoms with Crippen molar-refractivity contribution in [1.29, 1.82) is 0 Å². The van der Waals surface area contributed by atoms with E-state index in [2.05, 4.69) is 10.6 Å². The first-order chi connectivity index (χ1) is 11.6. The average molecular weight is 324 g/mol. The molecule has 6 heteroatoms. The molecule has 0 spiro atoms. The summed E-state index contributed by atoms with van der Waals surface area (Å²) >= 11 is 0. The molecule has 0 aliphatic carbocycles. The number of hydrogen-bond acceptors (Lipinski definition) is 3. The smallest absolute Gasteiger partial charge is 0.409 e. The minimum atomic E-state index is -1.12. The van der Waals surface area contributed by atoms with E-state index in [4.69, 9.17) is 9.52 Å². The van der Waals surface area contributed by atoms with E-state index in [9.17, 15) is 9.59 Å². The van der Waals surface area contributed by atoms with Crippen molar-refractivity contribution in [2.45, 2.75) is 6.42 Å². The van der Waals surface area contributed by atoms with E-state index >= 15 is 0 Å². The highest BCUT2D eigenvalue weighted by molar-refractivity contribution is 5.94. The molecule has 0 aliphatic heterocycles. The maximum Gasteiger partial charge on any atom is 0.409 e. The molecule has 0 bridgehead atoms. The van der Waals surface area contributed by atoms with Gasteiger partial charge in [-0.1, -0.05) is 18.2 Å². The van der Waals surface area contributed by atoms with Crippen LogP contribution >= 0.6 is 0 Å². The van der Waals surface area contributed by atoms with Crippen molar-refractivity contribution < 1.29 is 19.1 Å². The lowest BCUT2D eigenvalue weighted by molar-refractivity contribution is 0.0954. The number of furan rings is 1. The van der Waals surface area contributed by atoms with Crippen LogP contribution in [0.1, 0.15) is 15.9 Å². The topological polar surface area (TPSA) is 91.6 Å². The molecule has 122 valence electrons. The molecule has 24 heavy (non-hydrogen) atoms. The minimum Gasteiger partial charge on any atom is -0.465 e. The number of carboxylic acid groups (broad SMARTS) is 1. The Kier molecular flexibility index (Phi) is 4.47. The van der Waals surface area contributed by atoms with Gasteiger partial charge in [-0.2, -0.15) is 0 Å². The number of nitrogens with one attached hydrogen (secondary N) is 2. The van der Waals surface area contributed by atoms with Crippen LogP contribution in [-0.4, -0.2) is 23.7 Å².